The van der Waals surface area contributed by atoms with Crippen molar-refractivity contribution < 1.29 is 9.66 Å². The van der Waals surface area contributed by atoms with Crippen LogP contribution in [0.15, 0.2) is 48.7 Å². The molecule has 28 heavy (non-hydrogen) atoms. The summed E-state index contributed by atoms with van der Waals surface area (Å²) in [6.45, 7) is 2.56. The fourth-order valence-electron chi connectivity index (χ4n) is 3.48. The average Bonchev–Trinajstić information content (AvgIpc) is 2.77. The lowest BCUT2D eigenvalue weighted by molar-refractivity contribution is 0.356. The van der Waals surface area contributed by atoms with E-state index in [1.165, 1.54) is 19.3 Å². The van der Waals surface area contributed by atoms with Crippen molar-refractivity contribution in [1.82, 2.24) is 14.7 Å². The summed E-state index contributed by atoms with van der Waals surface area (Å²) in [5.74, 6) is 0.581. The molecule has 1 aromatic heterocycles. The van der Waals surface area contributed by atoms with Crippen molar-refractivity contribution in [3.63, 3.8) is 0 Å². The van der Waals surface area contributed by atoms with Gasteiger partial charge >= 0.3 is 0 Å². The van der Waals surface area contributed by atoms with Crippen LogP contribution in [0.4, 0.5) is 5.82 Å². The van der Waals surface area contributed by atoms with Crippen LogP contribution in [-0.4, -0.2) is 38.7 Å². The van der Waals surface area contributed by atoms with Gasteiger partial charge in [-0.1, -0.05) is 30.3 Å². The number of hydrogen-bond acceptors (Lipinski definition) is 6. The lowest BCUT2D eigenvalue weighted by Gasteiger charge is -2.27. The van der Waals surface area contributed by atoms with E-state index in [9.17, 15) is 4.55 Å². The second kappa shape index (κ2) is 8.87. The largest absolute Gasteiger partial charge is 0.596 e. The number of nitrogens with one attached hydrogen (secondary N) is 1. The smallest absolute Gasteiger partial charge is 0.222 e. The Bertz CT molecular complexity index is 929. The maximum absolute atomic E-state index is 11.3. The maximum atomic E-state index is 11.3. The van der Waals surface area contributed by atoms with E-state index in [0.29, 0.717) is 6.54 Å². The van der Waals surface area contributed by atoms with Crippen LogP contribution in [-0.2, 0) is 17.9 Å². The van der Waals surface area contributed by atoms with Crippen LogP contribution >= 0.6 is 0 Å². The summed E-state index contributed by atoms with van der Waals surface area (Å²) in [4.78, 5) is 11.8. The van der Waals surface area contributed by atoms with Crippen molar-refractivity contribution in [3.05, 3.63) is 54.2 Å². The van der Waals surface area contributed by atoms with E-state index in [-0.39, 0.29) is 5.94 Å². The number of fused-ring (bicyclic) bond motifs is 1. The van der Waals surface area contributed by atoms with Gasteiger partial charge in [-0.2, -0.15) is 0 Å². The molecule has 0 amide bonds. The highest BCUT2D eigenvalue weighted by Gasteiger charge is 2.13. The Balaban J connectivity index is 1.54. The van der Waals surface area contributed by atoms with Crippen LogP contribution in [0, 0.1) is 0 Å². The van der Waals surface area contributed by atoms with Crippen LogP contribution in [0.2, 0.25) is 0 Å². The molecule has 1 aliphatic heterocycles. The summed E-state index contributed by atoms with van der Waals surface area (Å²) in [6.07, 6.45) is 5.61. The van der Waals surface area contributed by atoms with Crippen molar-refractivity contribution in [3.8, 4) is 11.1 Å². The molecule has 146 valence electrons. The molecule has 1 saturated heterocycles. The van der Waals surface area contributed by atoms with Gasteiger partial charge in [0.05, 0.1) is 35.1 Å². The normalized spacial score (nSPS) is 15.7. The molecule has 1 atom stereocenters. The van der Waals surface area contributed by atoms with Crippen molar-refractivity contribution in [2.75, 3.05) is 23.9 Å². The van der Waals surface area contributed by atoms with Crippen LogP contribution in [0.25, 0.3) is 22.2 Å². The lowest BCUT2D eigenvalue weighted by Crippen LogP contribution is -2.30. The number of benzene rings is 2. The van der Waals surface area contributed by atoms with Crippen molar-refractivity contribution in [2.45, 2.75) is 25.8 Å². The molecule has 0 bridgehead atoms. The van der Waals surface area contributed by atoms with Gasteiger partial charge in [-0.3, -0.25) is 4.98 Å². The van der Waals surface area contributed by atoms with Gasteiger partial charge in [-0.25, -0.2) is 4.98 Å². The fourth-order valence-corrected chi connectivity index (χ4v) is 3.90. The first-order valence-corrected chi connectivity index (χ1v) is 10.9. The van der Waals surface area contributed by atoms with Crippen molar-refractivity contribution in [1.29, 1.82) is 0 Å². The number of aliphatic hydroxyl groups excluding tert-OH is 1. The van der Waals surface area contributed by atoms with Gasteiger partial charge in [-0.05, 0) is 48.1 Å². The maximum Gasteiger partial charge on any atom is 0.222 e. The van der Waals surface area contributed by atoms with E-state index >= 15 is 0 Å². The molecule has 1 unspecified atom stereocenters. The third kappa shape index (κ3) is 4.44. The Morgan fingerprint density at radius 2 is 1.75 bits per heavy atom. The first-order chi connectivity index (χ1) is 13.7. The van der Waals surface area contributed by atoms with Crippen LogP contribution in [0.1, 0.15) is 24.8 Å². The van der Waals surface area contributed by atoms with Gasteiger partial charge in [0.1, 0.15) is 5.82 Å². The molecule has 6 nitrogen and oxygen atoms in total. The van der Waals surface area contributed by atoms with Crippen LogP contribution in [0.5, 0.6) is 0 Å². The molecular weight excluding hydrogens is 372 g/mol. The molecule has 1 fully saturated rings. The number of rotatable bonds is 6. The second-order valence-electron chi connectivity index (χ2n) is 6.97. The zero-order chi connectivity index (χ0) is 19.3. The fraction of sp³-hybridized carbons (Fsp3) is 0.333. The number of anilines is 1. The van der Waals surface area contributed by atoms with Crippen molar-refractivity contribution in [2.24, 2.45) is 0 Å². The summed E-state index contributed by atoms with van der Waals surface area (Å²) in [6, 6.07) is 14.2. The van der Waals surface area contributed by atoms with Crippen molar-refractivity contribution >= 4 is 28.2 Å². The molecule has 2 aromatic carbocycles. The van der Waals surface area contributed by atoms with Gasteiger partial charge in [0.15, 0.2) is 0 Å². The summed E-state index contributed by atoms with van der Waals surface area (Å²) in [7, 11) is 0. The Hall–Kier alpha value is -2.19. The molecule has 0 saturated carbocycles. The Morgan fingerprint density at radius 1 is 1.00 bits per heavy atom. The molecular formula is C21H24N4O2S. The quantitative estimate of drug-likeness (QED) is 0.623. The standard InChI is InChI=1S/C21H24N4O2S/c26-15-28(27)23-13-16-4-6-17(7-5-16)18-8-9-19-20(12-18)24-21(14-22-19)25-10-2-1-3-11-25/h4-9,12,14,23,26H,1-3,10-11,13,15H2. The number of piperidine rings is 1. The lowest BCUT2D eigenvalue weighted by atomic mass is 10.0. The number of hydrogen-bond donors (Lipinski definition) is 2. The average molecular weight is 397 g/mol. The van der Waals surface area contributed by atoms with Crippen LogP contribution < -0.4 is 9.62 Å². The first-order valence-electron chi connectivity index (χ1n) is 9.57. The number of nitrogens with zero attached hydrogens (tertiary/aromatic N) is 3. The van der Waals surface area contributed by atoms with E-state index in [0.717, 1.165) is 46.6 Å². The van der Waals surface area contributed by atoms with Gasteiger partial charge in [0, 0.05) is 13.1 Å². The summed E-state index contributed by atoms with van der Waals surface area (Å²) in [5.41, 5.74) is 5.01. The highest BCUT2D eigenvalue weighted by molar-refractivity contribution is 7.89. The minimum atomic E-state index is -1.40. The van der Waals surface area contributed by atoms with E-state index in [1.54, 1.807) is 0 Å². The van der Waals surface area contributed by atoms with E-state index in [4.69, 9.17) is 10.1 Å². The van der Waals surface area contributed by atoms with Gasteiger partial charge in [-0.15, -0.1) is 4.72 Å². The number of aromatic nitrogens is 2. The summed E-state index contributed by atoms with van der Waals surface area (Å²) >= 11 is -1.40. The zero-order valence-electron chi connectivity index (χ0n) is 15.7. The molecule has 1 aliphatic rings. The van der Waals surface area contributed by atoms with Crippen LogP contribution in [0.3, 0.4) is 0 Å². The number of aliphatic hydroxyl groups is 1. The molecule has 0 spiro atoms. The minimum Gasteiger partial charge on any atom is -0.596 e. The Morgan fingerprint density at radius 3 is 2.50 bits per heavy atom. The zero-order valence-corrected chi connectivity index (χ0v) is 16.5. The molecule has 2 heterocycles. The predicted molar refractivity (Wildman–Crippen MR) is 113 cm³/mol. The second-order valence-corrected chi connectivity index (χ2v) is 8.21. The van der Waals surface area contributed by atoms with Gasteiger partial charge < -0.3 is 14.6 Å². The summed E-state index contributed by atoms with van der Waals surface area (Å²) in [5, 5.41) is 8.82. The van der Waals surface area contributed by atoms with E-state index in [2.05, 4.69) is 26.7 Å². The monoisotopic (exact) mass is 396 g/mol. The third-order valence-corrected chi connectivity index (χ3v) is 5.75. The molecule has 4 rings (SSSR count). The molecule has 0 radical (unpaired) electrons. The predicted octanol–water partition coefficient (Wildman–Crippen LogP) is 2.99. The van der Waals surface area contributed by atoms with Gasteiger partial charge in [0.25, 0.3) is 0 Å². The molecule has 7 heteroatoms. The molecule has 0 aliphatic carbocycles. The van der Waals surface area contributed by atoms with E-state index < -0.39 is 11.4 Å². The summed E-state index contributed by atoms with van der Waals surface area (Å²) < 4.78 is 14.0. The Labute approximate surface area is 167 Å². The minimum absolute atomic E-state index is 0.379. The highest BCUT2D eigenvalue weighted by Crippen LogP contribution is 2.25. The molecule has 3 aromatic rings. The third-order valence-electron chi connectivity index (χ3n) is 5.05. The highest BCUT2D eigenvalue weighted by atomic mass is 32.2. The van der Waals surface area contributed by atoms with E-state index in [1.807, 2.05) is 36.5 Å². The Kier molecular flexibility index (Phi) is 6.07. The molecule has 2 N–H and O–H groups in total. The van der Waals surface area contributed by atoms with Gasteiger partial charge in [0.2, 0.25) is 5.94 Å². The topological polar surface area (TPSA) is 84.3 Å². The first kappa shape index (κ1) is 19.1. The SMILES string of the molecule is [O-][S+](CO)NCc1ccc(-c2ccc3ncc(N4CCCCC4)nc3c2)cc1.